The van der Waals surface area contributed by atoms with E-state index in [1.165, 1.54) is 0 Å². The van der Waals surface area contributed by atoms with E-state index in [2.05, 4.69) is 0 Å². The van der Waals surface area contributed by atoms with E-state index in [9.17, 15) is 0 Å². The second-order valence-corrected chi connectivity index (χ2v) is 3.12. The van der Waals surface area contributed by atoms with Gasteiger partial charge in [0.15, 0.2) is 0 Å². The van der Waals surface area contributed by atoms with E-state index >= 15 is 0 Å². The third-order valence-electron chi connectivity index (χ3n) is 1.50. The molecule has 0 amide bonds. The summed E-state index contributed by atoms with van der Waals surface area (Å²) in [5, 5.41) is 18.2. The minimum Gasteiger partial charge on any atom is -1.00 e. The van der Waals surface area contributed by atoms with Crippen molar-refractivity contribution in [3.05, 3.63) is 0 Å². The van der Waals surface area contributed by atoms with Gasteiger partial charge in [0.25, 0.3) is 0 Å². The van der Waals surface area contributed by atoms with Crippen LogP contribution in [0.5, 0.6) is 0 Å². The predicted molar refractivity (Wildman–Crippen MR) is 33.7 cm³/mol. The first-order chi connectivity index (χ1) is 3.25. The second-order valence-electron chi connectivity index (χ2n) is 3.12. The monoisotopic (exact) mass is 142 g/mol. The van der Waals surface area contributed by atoms with Gasteiger partial charge in [-0.25, -0.2) is 0 Å². The van der Waals surface area contributed by atoms with Gasteiger partial charge in [-0.2, -0.15) is 0 Å². The van der Waals surface area contributed by atoms with E-state index in [0.717, 1.165) is 0 Å². The van der Waals surface area contributed by atoms with Crippen LogP contribution in [0.15, 0.2) is 0 Å². The quantitative estimate of drug-likeness (QED) is 0.402. The van der Waals surface area contributed by atoms with E-state index in [4.69, 9.17) is 10.2 Å². The van der Waals surface area contributed by atoms with Crippen LogP contribution in [-0.4, -0.2) is 21.4 Å². The van der Waals surface area contributed by atoms with Gasteiger partial charge in [0.1, 0.15) is 0 Å². The summed E-state index contributed by atoms with van der Waals surface area (Å²) < 4.78 is 0. The van der Waals surface area contributed by atoms with Crippen molar-refractivity contribution >= 4 is 0 Å². The molecule has 0 aliphatic carbocycles. The Balaban J connectivity index is -0.000000245. The average Bonchev–Trinajstić information content (AvgIpc) is 1.25. The molecule has 9 heavy (non-hydrogen) atoms. The smallest absolute Gasteiger partial charge is 1.00 e. The number of rotatable bonds is 1. The first-order valence-corrected chi connectivity index (χ1v) is 2.70. The topological polar surface area (TPSA) is 40.5 Å². The Kier molecular flexibility index (Phi) is 4.69. The first-order valence-electron chi connectivity index (χ1n) is 2.70. The molecule has 0 heterocycles. The van der Waals surface area contributed by atoms with E-state index in [0.29, 0.717) is 0 Å². The fourth-order valence-electron chi connectivity index (χ4n) is 0. The van der Waals surface area contributed by atoms with Gasteiger partial charge in [0.2, 0.25) is 0 Å². The summed E-state index contributed by atoms with van der Waals surface area (Å²) in [6.45, 7) is 6.31. The van der Waals surface area contributed by atoms with Crippen LogP contribution in [0.25, 0.3) is 0 Å². The van der Waals surface area contributed by atoms with Crippen molar-refractivity contribution < 1.29 is 41.2 Å². The molecule has 0 aromatic rings. The maximum absolute atomic E-state index is 9.10. The molecule has 2 N–H and O–H groups in total. The molecule has 0 bridgehead atoms. The van der Waals surface area contributed by atoms with Crippen LogP contribution in [-0.2, 0) is 0 Å². The van der Waals surface area contributed by atoms with Gasteiger partial charge in [-0.05, 0) is 27.7 Å². The number of hydrogen-bond donors (Lipinski definition) is 2. The summed E-state index contributed by atoms with van der Waals surface area (Å²) in [6, 6.07) is 0. The van der Waals surface area contributed by atoms with Crippen LogP contribution in [0.4, 0.5) is 0 Å². The van der Waals surface area contributed by atoms with Crippen molar-refractivity contribution in [3.63, 3.8) is 0 Å². The van der Waals surface area contributed by atoms with E-state index in [1.807, 2.05) is 0 Å². The van der Waals surface area contributed by atoms with Gasteiger partial charge in [-0.15, -0.1) is 0 Å². The normalized spacial score (nSPS) is 12.7. The summed E-state index contributed by atoms with van der Waals surface area (Å²) in [4.78, 5) is 0. The molecule has 0 atom stereocenters. The van der Waals surface area contributed by atoms with Gasteiger partial charge < -0.3 is 11.6 Å². The van der Waals surface area contributed by atoms with Crippen LogP contribution in [0.1, 0.15) is 29.1 Å². The third-order valence-corrected chi connectivity index (χ3v) is 1.50. The Morgan fingerprint density at radius 3 is 1.00 bits per heavy atom. The Morgan fingerprint density at radius 1 is 0.889 bits per heavy atom. The SMILES string of the molecule is CC(C)(O)C(C)(C)O.[H-].[Na+]. The van der Waals surface area contributed by atoms with Crippen LogP contribution >= 0.6 is 0 Å². The van der Waals surface area contributed by atoms with Crippen molar-refractivity contribution in [1.29, 1.82) is 0 Å². The molecule has 3 heteroatoms. The molecule has 0 aromatic carbocycles. The molecule has 2 nitrogen and oxygen atoms in total. The van der Waals surface area contributed by atoms with Gasteiger partial charge in [0, 0.05) is 0 Å². The van der Waals surface area contributed by atoms with Crippen LogP contribution in [0, 0.1) is 0 Å². The Labute approximate surface area is 80.1 Å². The zero-order valence-corrected chi connectivity index (χ0v) is 8.89. The summed E-state index contributed by atoms with van der Waals surface area (Å²) in [7, 11) is 0. The van der Waals surface area contributed by atoms with E-state index in [-0.39, 0.29) is 31.0 Å². The van der Waals surface area contributed by atoms with Gasteiger partial charge in [0.05, 0.1) is 11.2 Å². The predicted octanol–water partition coefficient (Wildman–Crippen LogP) is -2.36. The molecule has 52 valence electrons. The molecule has 0 aliphatic heterocycles. The maximum Gasteiger partial charge on any atom is 1.00 e. The van der Waals surface area contributed by atoms with Crippen LogP contribution in [0.2, 0.25) is 0 Å². The van der Waals surface area contributed by atoms with Crippen molar-refractivity contribution in [3.8, 4) is 0 Å². The molecule has 0 aliphatic rings. The molecule has 0 unspecified atom stereocenters. The van der Waals surface area contributed by atoms with Crippen molar-refractivity contribution in [2.24, 2.45) is 0 Å². The molecule has 0 radical (unpaired) electrons. The standard InChI is InChI=1S/C6H14O2.Na.H/c1-5(2,7)6(3,4)8;;/h7-8H,1-4H3;;/q;+1;-1. The largest absolute Gasteiger partial charge is 1.00 e. The molecular formula is C6H15NaO2. The van der Waals surface area contributed by atoms with Crippen LogP contribution in [0.3, 0.4) is 0 Å². The third kappa shape index (κ3) is 4.34. The van der Waals surface area contributed by atoms with Gasteiger partial charge in [-0.1, -0.05) is 0 Å². The second kappa shape index (κ2) is 3.35. The zero-order valence-electron chi connectivity index (χ0n) is 7.89. The van der Waals surface area contributed by atoms with Crippen LogP contribution < -0.4 is 29.6 Å². The molecular weight excluding hydrogens is 127 g/mol. The summed E-state index contributed by atoms with van der Waals surface area (Å²) in [5.74, 6) is 0. The number of hydrogen-bond acceptors (Lipinski definition) is 2. The minimum atomic E-state index is -1.01. The van der Waals surface area contributed by atoms with E-state index in [1.54, 1.807) is 27.7 Å². The zero-order chi connectivity index (χ0) is 7.00. The summed E-state index contributed by atoms with van der Waals surface area (Å²) in [5.41, 5.74) is -2.01. The molecule has 0 saturated heterocycles. The van der Waals surface area contributed by atoms with Gasteiger partial charge >= 0.3 is 29.6 Å². The fraction of sp³-hybridized carbons (Fsp3) is 1.00. The van der Waals surface area contributed by atoms with Crippen molar-refractivity contribution in [2.75, 3.05) is 0 Å². The molecule has 0 rings (SSSR count). The molecule has 0 aromatic heterocycles. The fourth-order valence-corrected chi connectivity index (χ4v) is 0. The molecule has 0 fully saturated rings. The number of aliphatic hydroxyl groups is 2. The summed E-state index contributed by atoms with van der Waals surface area (Å²) >= 11 is 0. The first kappa shape index (κ1) is 12.6. The van der Waals surface area contributed by atoms with E-state index < -0.39 is 11.2 Å². The molecule has 0 saturated carbocycles. The van der Waals surface area contributed by atoms with Gasteiger partial charge in [-0.3, -0.25) is 0 Å². The van der Waals surface area contributed by atoms with Crippen molar-refractivity contribution in [1.82, 2.24) is 0 Å². The Morgan fingerprint density at radius 2 is 1.00 bits per heavy atom. The van der Waals surface area contributed by atoms with Crippen molar-refractivity contribution in [2.45, 2.75) is 38.9 Å². The maximum atomic E-state index is 9.10. The minimum absolute atomic E-state index is 0. The Bertz CT molecular complexity index is 70.7. The average molecular weight is 142 g/mol. The molecule has 0 spiro atoms. The summed E-state index contributed by atoms with van der Waals surface area (Å²) in [6.07, 6.45) is 0. The Hall–Kier alpha value is 0.920.